The van der Waals surface area contributed by atoms with Crippen molar-refractivity contribution in [3.8, 4) is 0 Å². The molecule has 2 aromatic carbocycles. The zero-order chi connectivity index (χ0) is 20.4. The van der Waals surface area contributed by atoms with Gasteiger partial charge in [-0.1, -0.05) is 25.1 Å². The van der Waals surface area contributed by atoms with Gasteiger partial charge in [-0.25, -0.2) is 0 Å². The first-order chi connectivity index (χ1) is 14.1. The molecule has 2 heterocycles. The van der Waals surface area contributed by atoms with E-state index < -0.39 is 0 Å². The number of carbonyl (C=O) groups is 1. The van der Waals surface area contributed by atoms with Crippen molar-refractivity contribution in [2.45, 2.75) is 20.4 Å². The minimum Gasteiger partial charge on any atom is -0.369 e. The summed E-state index contributed by atoms with van der Waals surface area (Å²) < 4.78 is 2.17. The summed E-state index contributed by atoms with van der Waals surface area (Å²) in [7, 11) is 2.06. The number of nitrogens with zero attached hydrogens (tertiary/aromatic N) is 3. The van der Waals surface area contributed by atoms with Crippen molar-refractivity contribution in [3.05, 3.63) is 65.4 Å². The zero-order valence-electron chi connectivity index (χ0n) is 17.6. The largest absolute Gasteiger partial charge is 0.369 e. The van der Waals surface area contributed by atoms with Gasteiger partial charge in [-0.05, 0) is 49.4 Å². The number of rotatable bonds is 5. The Morgan fingerprint density at radius 2 is 1.69 bits per heavy atom. The molecule has 5 heteroatoms. The number of likely N-dealkylation sites (N-methyl/N-ethyl adjacent to an activating group) is 1. The molecule has 152 valence electrons. The van der Waals surface area contributed by atoms with Crippen molar-refractivity contribution in [2.24, 2.45) is 7.05 Å². The molecule has 0 unspecified atom stereocenters. The van der Waals surface area contributed by atoms with E-state index in [9.17, 15) is 4.79 Å². The molecule has 1 aromatic heterocycles. The lowest BCUT2D eigenvalue weighted by atomic mass is 10.1. The Balaban J connectivity index is 1.41. The first kappa shape index (κ1) is 19.5. The summed E-state index contributed by atoms with van der Waals surface area (Å²) in [6.07, 6.45) is 0. The number of anilines is 1. The normalized spacial score (nSPS) is 15.1. The minimum atomic E-state index is -0.0305. The van der Waals surface area contributed by atoms with Crippen LogP contribution in [0.2, 0.25) is 0 Å². The van der Waals surface area contributed by atoms with E-state index in [0.717, 1.165) is 38.4 Å². The molecule has 4 rings (SSSR count). The first-order valence-electron chi connectivity index (χ1n) is 10.5. The molecule has 0 saturated carbocycles. The number of para-hydroxylation sites is 1. The van der Waals surface area contributed by atoms with Crippen LogP contribution in [0.4, 0.5) is 5.69 Å². The fourth-order valence-corrected chi connectivity index (χ4v) is 4.30. The average Bonchev–Trinajstić information content (AvgIpc) is 3.02. The van der Waals surface area contributed by atoms with Gasteiger partial charge in [0.2, 0.25) is 0 Å². The van der Waals surface area contributed by atoms with Gasteiger partial charge in [-0.15, -0.1) is 0 Å². The molecular formula is C24H30N4O. The maximum atomic E-state index is 12.7. The Morgan fingerprint density at radius 3 is 2.34 bits per heavy atom. The summed E-state index contributed by atoms with van der Waals surface area (Å²) in [5, 5.41) is 4.33. The highest BCUT2D eigenvalue weighted by Crippen LogP contribution is 2.24. The third-order valence-corrected chi connectivity index (χ3v) is 6.24. The number of benzene rings is 2. The quantitative estimate of drug-likeness (QED) is 0.724. The smallest absolute Gasteiger partial charge is 0.251 e. The maximum absolute atomic E-state index is 12.7. The topological polar surface area (TPSA) is 40.5 Å². The van der Waals surface area contributed by atoms with Gasteiger partial charge in [0.25, 0.3) is 5.91 Å². The van der Waals surface area contributed by atoms with Gasteiger partial charge in [-0.3, -0.25) is 4.79 Å². The zero-order valence-corrected chi connectivity index (χ0v) is 17.6. The van der Waals surface area contributed by atoms with E-state index in [2.05, 4.69) is 70.9 Å². The standard InChI is InChI=1S/C24H30N4O/c1-4-27-13-15-28(16-14-27)20-11-9-19(10-12-20)24(29)25-17-23-18(2)21-7-5-6-8-22(21)26(23)3/h5-12H,4,13-17H2,1-3H3,(H,25,29). The van der Waals surface area contributed by atoms with Gasteiger partial charge in [0.15, 0.2) is 0 Å². The Bertz CT molecular complexity index is 959. The Kier molecular flexibility index (Phi) is 5.58. The number of hydrogen-bond acceptors (Lipinski definition) is 3. The molecule has 0 atom stereocenters. The highest BCUT2D eigenvalue weighted by atomic mass is 16.1. The van der Waals surface area contributed by atoms with Crippen molar-refractivity contribution >= 4 is 22.5 Å². The Morgan fingerprint density at radius 1 is 1.00 bits per heavy atom. The van der Waals surface area contributed by atoms with Gasteiger partial charge in [0, 0.05) is 61.1 Å². The van der Waals surface area contributed by atoms with Crippen LogP contribution >= 0.6 is 0 Å². The summed E-state index contributed by atoms with van der Waals surface area (Å²) in [5.74, 6) is -0.0305. The number of aryl methyl sites for hydroxylation is 2. The predicted molar refractivity (Wildman–Crippen MR) is 120 cm³/mol. The first-order valence-corrected chi connectivity index (χ1v) is 10.5. The molecule has 1 amide bonds. The molecule has 1 aliphatic rings. The van der Waals surface area contributed by atoms with Crippen LogP contribution in [0.3, 0.4) is 0 Å². The van der Waals surface area contributed by atoms with Crippen LogP contribution < -0.4 is 10.2 Å². The van der Waals surface area contributed by atoms with E-state index in [0.29, 0.717) is 12.1 Å². The van der Waals surface area contributed by atoms with Crippen LogP contribution in [0.25, 0.3) is 10.9 Å². The van der Waals surface area contributed by atoms with Crippen molar-refractivity contribution in [1.29, 1.82) is 0 Å². The number of amides is 1. The summed E-state index contributed by atoms with van der Waals surface area (Å²) in [5.41, 5.74) is 5.47. The molecule has 0 spiro atoms. The number of hydrogen-bond donors (Lipinski definition) is 1. The van der Waals surface area contributed by atoms with Crippen LogP contribution in [0, 0.1) is 6.92 Å². The Labute approximate surface area is 172 Å². The average molecular weight is 391 g/mol. The van der Waals surface area contributed by atoms with Gasteiger partial charge in [0.05, 0.1) is 6.54 Å². The summed E-state index contributed by atoms with van der Waals surface area (Å²) >= 11 is 0. The van der Waals surface area contributed by atoms with Crippen molar-refractivity contribution in [3.63, 3.8) is 0 Å². The van der Waals surface area contributed by atoms with Crippen molar-refractivity contribution in [1.82, 2.24) is 14.8 Å². The van der Waals surface area contributed by atoms with Crippen LogP contribution in [0.1, 0.15) is 28.5 Å². The predicted octanol–water partition coefficient (Wildman–Crippen LogP) is 3.56. The van der Waals surface area contributed by atoms with Crippen LogP contribution in [-0.2, 0) is 13.6 Å². The molecule has 3 aromatic rings. The van der Waals surface area contributed by atoms with Crippen molar-refractivity contribution < 1.29 is 4.79 Å². The molecule has 1 fully saturated rings. The minimum absolute atomic E-state index is 0.0305. The van der Waals surface area contributed by atoms with Gasteiger partial charge < -0.3 is 19.7 Å². The molecule has 1 aliphatic heterocycles. The summed E-state index contributed by atoms with van der Waals surface area (Å²) in [4.78, 5) is 17.5. The molecule has 0 aliphatic carbocycles. The second-order valence-electron chi connectivity index (χ2n) is 7.80. The van der Waals surface area contributed by atoms with Crippen LogP contribution in [-0.4, -0.2) is 48.1 Å². The molecule has 0 radical (unpaired) electrons. The molecule has 0 bridgehead atoms. The highest BCUT2D eigenvalue weighted by molar-refractivity contribution is 5.94. The lowest BCUT2D eigenvalue weighted by molar-refractivity contribution is 0.0950. The van der Waals surface area contributed by atoms with Gasteiger partial charge in [-0.2, -0.15) is 0 Å². The Hall–Kier alpha value is -2.79. The van der Waals surface area contributed by atoms with Gasteiger partial charge >= 0.3 is 0 Å². The maximum Gasteiger partial charge on any atom is 0.251 e. The molecule has 1 saturated heterocycles. The van der Waals surface area contributed by atoms with E-state index in [1.807, 2.05) is 18.2 Å². The highest BCUT2D eigenvalue weighted by Gasteiger charge is 2.17. The number of piperazine rings is 1. The second kappa shape index (κ2) is 8.29. The monoisotopic (exact) mass is 390 g/mol. The van der Waals surface area contributed by atoms with Gasteiger partial charge in [0.1, 0.15) is 0 Å². The van der Waals surface area contributed by atoms with E-state index in [1.54, 1.807) is 0 Å². The number of nitrogens with one attached hydrogen (secondary N) is 1. The number of carbonyl (C=O) groups excluding carboxylic acids is 1. The summed E-state index contributed by atoms with van der Waals surface area (Å²) in [6.45, 7) is 10.3. The molecule has 5 nitrogen and oxygen atoms in total. The third kappa shape index (κ3) is 3.87. The van der Waals surface area contributed by atoms with E-state index in [4.69, 9.17) is 0 Å². The molecule has 29 heavy (non-hydrogen) atoms. The third-order valence-electron chi connectivity index (χ3n) is 6.24. The second-order valence-corrected chi connectivity index (χ2v) is 7.80. The van der Waals surface area contributed by atoms with Crippen LogP contribution in [0.5, 0.6) is 0 Å². The number of aromatic nitrogens is 1. The van der Waals surface area contributed by atoms with Crippen LogP contribution in [0.15, 0.2) is 48.5 Å². The fourth-order valence-electron chi connectivity index (χ4n) is 4.30. The molecule has 1 N–H and O–H groups in total. The van der Waals surface area contributed by atoms with E-state index >= 15 is 0 Å². The number of fused-ring (bicyclic) bond motifs is 1. The van der Waals surface area contributed by atoms with E-state index in [1.165, 1.54) is 22.2 Å². The van der Waals surface area contributed by atoms with Crippen molar-refractivity contribution in [2.75, 3.05) is 37.6 Å². The fraction of sp³-hybridized carbons (Fsp3) is 0.375. The SMILES string of the molecule is CCN1CCN(c2ccc(C(=O)NCc3c(C)c4ccccc4n3C)cc2)CC1. The lowest BCUT2D eigenvalue weighted by Gasteiger charge is -2.35. The lowest BCUT2D eigenvalue weighted by Crippen LogP contribution is -2.46. The molecular weight excluding hydrogens is 360 g/mol. The summed E-state index contributed by atoms with van der Waals surface area (Å²) in [6, 6.07) is 16.4. The van der Waals surface area contributed by atoms with E-state index in [-0.39, 0.29) is 5.91 Å².